The number of fused-ring (bicyclic) bond motifs is 1. The number of aromatic nitrogens is 6. The Labute approximate surface area is 202 Å². The van der Waals surface area contributed by atoms with Crippen LogP contribution in [0.15, 0.2) is 41.5 Å². The fourth-order valence-electron chi connectivity index (χ4n) is 3.83. The number of imidazole rings is 1. The minimum absolute atomic E-state index is 0.00864. The summed E-state index contributed by atoms with van der Waals surface area (Å²) in [4.78, 5) is 35.5. The van der Waals surface area contributed by atoms with Crippen LogP contribution in [-0.4, -0.2) is 35.3 Å². The molecule has 3 heterocycles. The molecular weight excluding hydrogens is 479 g/mol. The highest BCUT2D eigenvalue weighted by Crippen LogP contribution is 2.31. The van der Waals surface area contributed by atoms with Gasteiger partial charge in [0, 0.05) is 19.5 Å². The van der Waals surface area contributed by atoms with Gasteiger partial charge < -0.3 is 4.74 Å². The van der Waals surface area contributed by atoms with Crippen molar-refractivity contribution < 1.29 is 22.7 Å². The molecule has 36 heavy (non-hydrogen) atoms. The molecule has 0 spiro atoms. The van der Waals surface area contributed by atoms with E-state index in [-0.39, 0.29) is 29.4 Å². The molecular formula is C23H20F3N7O3. The van der Waals surface area contributed by atoms with E-state index in [4.69, 9.17) is 10.00 Å². The molecule has 4 aromatic rings. The molecule has 10 nitrogen and oxygen atoms in total. The van der Waals surface area contributed by atoms with Gasteiger partial charge in [-0.05, 0) is 17.7 Å². The van der Waals surface area contributed by atoms with Gasteiger partial charge in [-0.2, -0.15) is 28.5 Å². The summed E-state index contributed by atoms with van der Waals surface area (Å²) in [6.45, 7) is 3.16. The zero-order chi connectivity index (χ0) is 26.0. The molecule has 0 saturated carbocycles. The van der Waals surface area contributed by atoms with Crippen molar-refractivity contribution in [3.05, 3.63) is 64.0 Å². The van der Waals surface area contributed by atoms with E-state index in [1.165, 1.54) is 28.4 Å². The fraction of sp³-hybridized carbons (Fsp3) is 0.304. The number of halogens is 3. The zero-order valence-corrected chi connectivity index (χ0v) is 19.2. The lowest BCUT2D eigenvalue weighted by atomic mass is 10.1. The van der Waals surface area contributed by atoms with Crippen LogP contribution in [0.3, 0.4) is 0 Å². The van der Waals surface area contributed by atoms with Crippen LogP contribution in [0.2, 0.25) is 0 Å². The third-order valence-corrected chi connectivity index (χ3v) is 5.28. The Bertz CT molecular complexity index is 1530. The lowest BCUT2D eigenvalue weighted by molar-refractivity contribution is -0.151. The number of rotatable bonds is 7. The number of nitrogens with one attached hydrogen (secondary N) is 1. The van der Waals surface area contributed by atoms with Crippen LogP contribution in [0, 0.1) is 11.3 Å². The largest absolute Gasteiger partial charge is 0.441 e. The molecule has 0 fully saturated rings. The van der Waals surface area contributed by atoms with Crippen molar-refractivity contribution in [3.8, 4) is 17.5 Å². The van der Waals surface area contributed by atoms with Crippen molar-refractivity contribution in [2.24, 2.45) is 0 Å². The number of nitrogens with zero attached hydrogens (tertiary/aromatic N) is 6. The number of esters is 1. The predicted octanol–water partition coefficient (Wildman–Crippen LogP) is 3.78. The molecule has 0 bridgehead atoms. The molecule has 0 saturated heterocycles. The maximum Gasteiger partial charge on any atom is 0.416 e. The Kier molecular flexibility index (Phi) is 6.61. The lowest BCUT2D eigenvalue weighted by Crippen LogP contribution is -2.21. The molecule has 186 valence electrons. The fourth-order valence-corrected chi connectivity index (χ4v) is 3.83. The molecule has 3 aromatic heterocycles. The van der Waals surface area contributed by atoms with Crippen LogP contribution in [0.5, 0.6) is 0 Å². The predicted molar refractivity (Wildman–Crippen MR) is 120 cm³/mol. The van der Waals surface area contributed by atoms with E-state index in [1.54, 1.807) is 18.3 Å². The molecule has 1 aromatic carbocycles. The van der Waals surface area contributed by atoms with Gasteiger partial charge in [0.1, 0.15) is 11.9 Å². The maximum absolute atomic E-state index is 13.1. The summed E-state index contributed by atoms with van der Waals surface area (Å²) in [7, 11) is 0. The number of ether oxygens (including phenoxy) is 1. The third kappa shape index (κ3) is 4.97. The number of carbonyl (C=O) groups excluding carboxylic acids is 1. The summed E-state index contributed by atoms with van der Waals surface area (Å²) in [5.41, 5.74) is -0.630. The minimum atomic E-state index is -4.47. The molecule has 4 rings (SSSR count). The van der Waals surface area contributed by atoms with Crippen LogP contribution in [0.4, 0.5) is 13.2 Å². The molecule has 13 heteroatoms. The van der Waals surface area contributed by atoms with Gasteiger partial charge in [0.25, 0.3) is 5.56 Å². The first kappa shape index (κ1) is 24.6. The number of nitriles is 1. The van der Waals surface area contributed by atoms with E-state index in [2.05, 4.69) is 20.1 Å². The average Bonchev–Trinajstić information content (AvgIpc) is 3.42. The van der Waals surface area contributed by atoms with Crippen molar-refractivity contribution in [1.82, 2.24) is 29.3 Å². The number of hydrogen-bond donors (Lipinski definition) is 1. The molecule has 0 aliphatic rings. The summed E-state index contributed by atoms with van der Waals surface area (Å²) < 4.78 is 47.5. The highest BCUT2D eigenvalue weighted by Gasteiger charge is 2.30. The summed E-state index contributed by atoms with van der Waals surface area (Å²) >= 11 is 0. The first-order valence-corrected chi connectivity index (χ1v) is 10.9. The Morgan fingerprint density at radius 1 is 1.31 bits per heavy atom. The molecule has 1 unspecified atom stereocenters. The van der Waals surface area contributed by atoms with Gasteiger partial charge in [0.2, 0.25) is 5.82 Å². The Morgan fingerprint density at radius 3 is 2.75 bits per heavy atom. The van der Waals surface area contributed by atoms with Gasteiger partial charge in [-0.3, -0.25) is 23.8 Å². The number of benzene rings is 1. The number of H-pyrrole nitrogens is 1. The third-order valence-electron chi connectivity index (χ3n) is 5.28. The molecule has 0 aliphatic carbocycles. The van der Waals surface area contributed by atoms with Crippen molar-refractivity contribution in [3.63, 3.8) is 0 Å². The molecule has 0 aliphatic heterocycles. The number of hydrogen-bond acceptors (Lipinski definition) is 7. The van der Waals surface area contributed by atoms with Crippen LogP contribution >= 0.6 is 0 Å². The highest BCUT2D eigenvalue weighted by molar-refractivity contribution is 5.77. The van der Waals surface area contributed by atoms with Crippen LogP contribution in [0.25, 0.3) is 22.6 Å². The summed E-state index contributed by atoms with van der Waals surface area (Å²) in [5, 5.41) is 13.4. The smallest absolute Gasteiger partial charge is 0.416 e. The Balaban J connectivity index is 1.81. The normalized spacial score (nSPS) is 12.4. The van der Waals surface area contributed by atoms with Crippen LogP contribution < -0.4 is 5.56 Å². The van der Waals surface area contributed by atoms with Gasteiger partial charge in [0.15, 0.2) is 17.4 Å². The quantitative estimate of drug-likeness (QED) is 0.383. The van der Waals surface area contributed by atoms with E-state index in [0.717, 1.165) is 12.1 Å². The Morgan fingerprint density at radius 2 is 2.08 bits per heavy atom. The summed E-state index contributed by atoms with van der Waals surface area (Å²) in [5.74, 6) is -0.601. The van der Waals surface area contributed by atoms with Crippen molar-refractivity contribution in [2.75, 3.05) is 0 Å². The Hall–Kier alpha value is -4.47. The molecule has 1 N–H and O–H groups in total. The first-order chi connectivity index (χ1) is 17.1. The number of carbonyl (C=O) groups is 1. The second-order valence-corrected chi connectivity index (χ2v) is 7.98. The van der Waals surface area contributed by atoms with E-state index in [9.17, 15) is 22.8 Å². The van der Waals surface area contributed by atoms with E-state index in [0.29, 0.717) is 24.0 Å². The topological polar surface area (TPSA) is 131 Å². The molecule has 0 radical (unpaired) electrons. The van der Waals surface area contributed by atoms with Gasteiger partial charge in [-0.1, -0.05) is 25.5 Å². The standard InChI is InChI=1S/C23H20F3N7O3/c1-3-5-18(36-13(2)34)33-19-20(29-17(9-27)30-22(19)35)31-21(33)15-10-28-32(12-15)11-14-6-4-7-16(8-14)23(24,25)26/h4,6-8,10,12,18H,3,5,11H2,1-2H3,(H,29,30,35). The minimum Gasteiger partial charge on any atom is -0.441 e. The molecule has 1 atom stereocenters. The number of alkyl halides is 3. The molecule has 0 amide bonds. The number of aromatic amines is 1. The van der Waals surface area contributed by atoms with E-state index < -0.39 is 29.5 Å². The summed E-state index contributed by atoms with van der Waals surface area (Å²) in [6, 6.07) is 6.67. The van der Waals surface area contributed by atoms with Crippen LogP contribution in [0.1, 0.15) is 49.9 Å². The summed E-state index contributed by atoms with van der Waals surface area (Å²) in [6.07, 6.45) is -1.42. The highest BCUT2D eigenvalue weighted by atomic mass is 19.4. The van der Waals surface area contributed by atoms with Crippen molar-refractivity contribution in [2.45, 2.75) is 45.6 Å². The SMILES string of the molecule is CCCC(OC(C)=O)n1c(-c2cnn(Cc3cccc(C(F)(F)F)c3)c2)nc2nc(C#N)[nH]c(=O)c21. The monoisotopic (exact) mass is 499 g/mol. The van der Waals surface area contributed by atoms with Crippen molar-refractivity contribution in [1.29, 1.82) is 5.26 Å². The zero-order valence-electron chi connectivity index (χ0n) is 19.2. The average molecular weight is 499 g/mol. The van der Waals surface area contributed by atoms with E-state index in [1.807, 2.05) is 6.92 Å². The first-order valence-electron chi connectivity index (χ1n) is 10.9. The van der Waals surface area contributed by atoms with Gasteiger partial charge >= 0.3 is 12.1 Å². The maximum atomic E-state index is 13.1. The second kappa shape index (κ2) is 9.65. The van der Waals surface area contributed by atoms with Gasteiger partial charge in [0.05, 0.1) is 23.9 Å². The van der Waals surface area contributed by atoms with Crippen LogP contribution in [-0.2, 0) is 22.3 Å². The van der Waals surface area contributed by atoms with Gasteiger partial charge in [-0.15, -0.1) is 0 Å². The van der Waals surface area contributed by atoms with Crippen molar-refractivity contribution >= 4 is 17.1 Å². The van der Waals surface area contributed by atoms with E-state index >= 15 is 0 Å². The van der Waals surface area contributed by atoms with Gasteiger partial charge in [-0.25, -0.2) is 4.98 Å². The lowest BCUT2D eigenvalue weighted by Gasteiger charge is -2.20. The second-order valence-electron chi connectivity index (χ2n) is 7.98.